The van der Waals surface area contributed by atoms with Gasteiger partial charge in [-0.15, -0.1) is 0 Å². The van der Waals surface area contributed by atoms with E-state index in [1.807, 2.05) is 19.1 Å². The molecule has 0 radical (unpaired) electrons. The van der Waals surface area contributed by atoms with Gasteiger partial charge in [0.25, 0.3) is 0 Å². The Labute approximate surface area is 99.6 Å². The van der Waals surface area contributed by atoms with Crippen molar-refractivity contribution >= 4 is 11.8 Å². The van der Waals surface area contributed by atoms with Crippen molar-refractivity contribution in [1.82, 2.24) is 10.6 Å². The van der Waals surface area contributed by atoms with Crippen LogP contribution in [0.1, 0.15) is 25.5 Å². The first kappa shape index (κ1) is 11.7. The molecule has 5 heteroatoms. The predicted molar refractivity (Wildman–Crippen MR) is 61.2 cm³/mol. The van der Waals surface area contributed by atoms with Crippen molar-refractivity contribution < 1.29 is 14.0 Å². The molecule has 0 unspecified atom stereocenters. The van der Waals surface area contributed by atoms with E-state index in [1.165, 1.54) is 0 Å². The largest absolute Gasteiger partial charge is 0.469 e. The minimum Gasteiger partial charge on any atom is -0.469 e. The molecule has 2 atom stereocenters. The van der Waals surface area contributed by atoms with Gasteiger partial charge < -0.3 is 15.1 Å². The molecular weight excluding hydrogens is 220 g/mol. The van der Waals surface area contributed by atoms with Gasteiger partial charge in [0.05, 0.1) is 6.26 Å². The van der Waals surface area contributed by atoms with Crippen molar-refractivity contribution in [1.29, 1.82) is 0 Å². The number of hydrogen-bond acceptors (Lipinski definition) is 3. The lowest BCUT2D eigenvalue weighted by Gasteiger charge is -2.16. The molecule has 1 aliphatic rings. The van der Waals surface area contributed by atoms with Gasteiger partial charge in [-0.05, 0) is 25.5 Å². The Kier molecular flexibility index (Phi) is 3.46. The van der Waals surface area contributed by atoms with Crippen LogP contribution < -0.4 is 10.6 Å². The lowest BCUT2D eigenvalue weighted by Crippen LogP contribution is -2.45. The number of rotatable bonds is 4. The fourth-order valence-electron chi connectivity index (χ4n) is 1.94. The lowest BCUT2D eigenvalue weighted by atomic mass is 10.1. The van der Waals surface area contributed by atoms with Crippen molar-refractivity contribution in [3.63, 3.8) is 0 Å². The number of carbonyl (C=O) groups excluding carboxylic acids is 2. The third-order valence-corrected chi connectivity index (χ3v) is 2.79. The Balaban J connectivity index is 1.80. The maximum absolute atomic E-state index is 11.8. The molecule has 5 nitrogen and oxygen atoms in total. The molecule has 1 aromatic heterocycles. The summed E-state index contributed by atoms with van der Waals surface area (Å²) in [5.74, 6) is 0.673. The van der Waals surface area contributed by atoms with Gasteiger partial charge in [-0.25, -0.2) is 0 Å². The zero-order chi connectivity index (χ0) is 12.3. The van der Waals surface area contributed by atoms with Gasteiger partial charge in [0.1, 0.15) is 11.8 Å². The molecule has 2 rings (SSSR count). The van der Waals surface area contributed by atoms with Crippen LogP contribution in [0.25, 0.3) is 0 Å². The Morgan fingerprint density at radius 3 is 3.12 bits per heavy atom. The lowest BCUT2D eigenvalue weighted by molar-refractivity contribution is -0.126. The molecule has 2 amide bonds. The van der Waals surface area contributed by atoms with E-state index in [9.17, 15) is 9.59 Å². The summed E-state index contributed by atoms with van der Waals surface area (Å²) in [7, 11) is 0. The van der Waals surface area contributed by atoms with Crippen molar-refractivity contribution in [3.8, 4) is 0 Å². The average molecular weight is 236 g/mol. The van der Waals surface area contributed by atoms with Crippen LogP contribution in [-0.4, -0.2) is 23.9 Å². The van der Waals surface area contributed by atoms with Gasteiger partial charge >= 0.3 is 0 Å². The maximum atomic E-state index is 11.8. The van der Waals surface area contributed by atoms with E-state index in [1.54, 1.807) is 6.26 Å². The normalized spacial score (nSPS) is 21.0. The van der Waals surface area contributed by atoms with Crippen LogP contribution in [0.2, 0.25) is 0 Å². The molecule has 1 saturated heterocycles. The van der Waals surface area contributed by atoms with E-state index in [0.717, 1.165) is 5.76 Å². The average Bonchev–Trinajstić information content (AvgIpc) is 2.89. The highest BCUT2D eigenvalue weighted by molar-refractivity contribution is 5.90. The minimum atomic E-state index is -0.374. The highest BCUT2D eigenvalue weighted by Gasteiger charge is 2.27. The van der Waals surface area contributed by atoms with E-state index < -0.39 is 0 Å². The summed E-state index contributed by atoms with van der Waals surface area (Å²) in [4.78, 5) is 22.8. The van der Waals surface area contributed by atoms with Crippen LogP contribution in [0, 0.1) is 0 Å². The molecule has 2 heterocycles. The standard InChI is InChI=1S/C12H16N2O3/c1-8(7-9-3-2-6-17-9)13-12(16)10-4-5-11(15)14-10/h2-3,6,8,10H,4-5,7H2,1H3,(H,13,16)(H,14,15)/t8-,10-/m0/s1. The first-order valence-electron chi connectivity index (χ1n) is 5.77. The highest BCUT2D eigenvalue weighted by Crippen LogP contribution is 2.08. The molecule has 1 aromatic rings. The third kappa shape index (κ3) is 3.09. The van der Waals surface area contributed by atoms with Crippen molar-refractivity contribution in [2.45, 2.75) is 38.3 Å². The van der Waals surface area contributed by atoms with Crippen molar-refractivity contribution in [2.75, 3.05) is 0 Å². The van der Waals surface area contributed by atoms with Crippen LogP contribution in [0.4, 0.5) is 0 Å². The topological polar surface area (TPSA) is 71.3 Å². The number of furan rings is 1. The second kappa shape index (κ2) is 5.03. The quantitative estimate of drug-likeness (QED) is 0.804. The Bertz CT molecular complexity index is 400. The van der Waals surface area contributed by atoms with Crippen LogP contribution in [0.3, 0.4) is 0 Å². The van der Waals surface area contributed by atoms with Gasteiger partial charge in [0.15, 0.2) is 0 Å². The van der Waals surface area contributed by atoms with E-state index in [4.69, 9.17) is 4.42 Å². The van der Waals surface area contributed by atoms with Gasteiger partial charge in [-0.2, -0.15) is 0 Å². The second-order valence-electron chi connectivity index (χ2n) is 4.35. The molecule has 1 fully saturated rings. The SMILES string of the molecule is C[C@@H](Cc1ccco1)NC(=O)[C@@H]1CCC(=O)N1. The molecule has 92 valence electrons. The molecule has 0 bridgehead atoms. The highest BCUT2D eigenvalue weighted by atomic mass is 16.3. The van der Waals surface area contributed by atoms with E-state index in [0.29, 0.717) is 19.3 Å². The van der Waals surface area contributed by atoms with Gasteiger partial charge in [0.2, 0.25) is 11.8 Å². The summed E-state index contributed by atoms with van der Waals surface area (Å²) < 4.78 is 5.21. The molecule has 0 aromatic carbocycles. The Morgan fingerprint density at radius 1 is 1.71 bits per heavy atom. The van der Waals surface area contributed by atoms with Crippen molar-refractivity contribution in [2.24, 2.45) is 0 Å². The summed E-state index contributed by atoms with van der Waals surface area (Å²) in [6, 6.07) is 3.31. The van der Waals surface area contributed by atoms with E-state index in [2.05, 4.69) is 10.6 Å². The first-order valence-corrected chi connectivity index (χ1v) is 5.77. The van der Waals surface area contributed by atoms with Gasteiger partial charge in [-0.1, -0.05) is 0 Å². The predicted octanol–water partition coefficient (Wildman–Crippen LogP) is 0.605. The monoisotopic (exact) mass is 236 g/mol. The zero-order valence-electron chi connectivity index (χ0n) is 9.73. The first-order chi connectivity index (χ1) is 8.15. The van der Waals surface area contributed by atoms with Gasteiger partial charge in [0, 0.05) is 18.9 Å². The minimum absolute atomic E-state index is 0.00819. The number of carbonyl (C=O) groups is 2. The van der Waals surface area contributed by atoms with Gasteiger partial charge in [-0.3, -0.25) is 9.59 Å². The van der Waals surface area contributed by atoms with E-state index in [-0.39, 0.29) is 23.9 Å². The van der Waals surface area contributed by atoms with Crippen LogP contribution >= 0.6 is 0 Å². The van der Waals surface area contributed by atoms with Crippen LogP contribution in [0.15, 0.2) is 22.8 Å². The second-order valence-corrected chi connectivity index (χ2v) is 4.35. The summed E-state index contributed by atoms with van der Waals surface area (Å²) >= 11 is 0. The van der Waals surface area contributed by atoms with E-state index >= 15 is 0 Å². The Hall–Kier alpha value is -1.78. The third-order valence-electron chi connectivity index (χ3n) is 2.79. The maximum Gasteiger partial charge on any atom is 0.242 e. The molecular formula is C12H16N2O3. The molecule has 2 N–H and O–H groups in total. The zero-order valence-corrected chi connectivity index (χ0v) is 9.73. The molecule has 17 heavy (non-hydrogen) atoms. The van der Waals surface area contributed by atoms with Crippen LogP contribution in [-0.2, 0) is 16.0 Å². The molecule has 0 aliphatic carbocycles. The summed E-state index contributed by atoms with van der Waals surface area (Å²) in [6.07, 6.45) is 3.28. The summed E-state index contributed by atoms with van der Waals surface area (Å²) in [5, 5.41) is 5.51. The fourth-order valence-corrected chi connectivity index (χ4v) is 1.94. The summed E-state index contributed by atoms with van der Waals surface area (Å²) in [6.45, 7) is 1.91. The fraction of sp³-hybridized carbons (Fsp3) is 0.500. The number of amides is 2. The number of nitrogens with one attached hydrogen (secondary N) is 2. The number of hydrogen-bond donors (Lipinski definition) is 2. The van der Waals surface area contributed by atoms with Crippen LogP contribution in [0.5, 0.6) is 0 Å². The molecule has 1 aliphatic heterocycles. The molecule has 0 spiro atoms. The Morgan fingerprint density at radius 2 is 2.53 bits per heavy atom. The smallest absolute Gasteiger partial charge is 0.242 e. The summed E-state index contributed by atoms with van der Waals surface area (Å²) in [5.41, 5.74) is 0. The molecule has 0 saturated carbocycles. The van der Waals surface area contributed by atoms with Crippen molar-refractivity contribution in [3.05, 3.63) is 24.2 Å².